The lowest BCUT2D eigenvalue weighted by atomic mass is 9.80. The van der Waals surface area contributed by atoms with Crippen molar-refractivity contribution in [1.82, 2.24) is 0 Å². The van der Waals surface area contributed by atoms with Gasteiger partial charge in [0.15, 0.2) is 0 Å². The van der Waals surface area contributed by atoms with Gasteiger partial charge in [0, 0.05) is 0 Å². The minimum Gasteiger partial charge on any atom is -0.508 e. The Balaban J connectivity index is 2.24. The van der Waals surface area contributed by atoms with Gasteiger partial charge < -0.3 is 10.2 Å². The van der Waals surface area contributed by atoms with Crippen LogP contribution < -0.4 is 0 Å². The third-order valence-corrected chi connectivity index (χ3v) is 3.98. The van der Waals surface area contributed by atoms with Gasteiger partial charge in [-0.15, -0.1) is 0 Å². The average Bonchev–Trinajstić information content (AvgIpc) is 2.27. The van der Waals surface area contributed by atoms with Crippen LogP contribution in [0.15, 0.2) is 18.2 Å². The number of hydrogen-bond donors (Lipinski definition) is 2. The molecule has 0 saturated heterocycles. The highest BCUT2D eigenvalue weighted by molar-refractivity contribution is 5.41. The van der Waals surface area contributed by atoms with E-state index < -0.39 is 0 Å². The van der Waals surface area contributed by atoms with Crippen LogP contribution in [0, 0.1) is 0 Å². The van der Waals surface area contributed by atoms with E-state index in [1.54, 1.807) is 0 Å². The van der Waals surface area contributed by atoms with Crippen molar-refractivity contribution in [3.8, 4) is 5.75 Å². The number of aliphatic hydroxyl groups excluding tert-OH is 1. The molecule has 0 aromatic heterocycles. The predicted molar refractivity (Wildman–Crippen MR) is 74.0 cm³/mol. The lowest BCUT2D eigenvalue weighted by Crippen LogP contribution is -2.18. The second-order valence-electron chi connectivity index (χ2n) is 6.54. The molecule has 1 aliphatic rings. The lowest BCUT2D eigenvalue weighted by Gasteiger charge is -2.28. The summed E-state index contributed by atoms with van der Waals surface area (Å²) < 4.78 is 0. The van der Waals surface area contributed by atoms with Crippen LogP contribution in [0.3, 0.4) is 0 Å². The molecule has 18 heavy (non-hydrogen) atoms. The van der Waals surface area contributed by atoms with Gasteiger partial charge in [-0.25, -0.2) is 0 Å². The van der Waals surface area contributed by atoms with Gasteiger partial charge in [-0.3, -0.25) is 0 Å². The maximum absolute atomic E-state index is 10.2. The van der Waals surface area contributed by atoms with Crippen molar-refractivity contribution < 1.29 is 10.2 Å². The molecule has 1 aromatic carbocycles. The number of aromatic hydroxyl groups is 1. The lowest BCUT2D eigenvalue weighted by molar-refractivity contribution is 0.119. The first-order chi connectivity index (χ1) is 8.38. The predicted octanol–water partition coefficient (Wildman–Crippen LogP) is 3.71. The van der Waals surface area contributed by atoms with Crippen molar-refractivity contribution in [2.45, 2.75) is 63.9 Å². The Morgan fingerprint density at radius 3 is 2.44 bits per heavy atom. The van der Waals surface area contributed by atoms with Gasteiger partial charge in [-0.2, -0.15) is 0 Å². The van der Waals surface area contributed by atoms with E-state index in [4.69, 9.17) is 0 Å². The Labute approximate surface area is 110 Å². The van der Waals surface area contributed by atoms with E-state index in [-0.39, 0.29) is 11.5 Å². The molecule has 0 amide bonds. The second kappa shape index (κ2) is 4.93. The SMILES string of the molecule is CC(C)(C)c1ccc([C@@H]2CCC[C@@H](O)C2)c(O)c1. The van der Waals surface area contributed by atoms with E-state index in [0.29, 0.717) is 11.7 Å². The number of aliphatic hydroxyl groups is 1. The minimum atomic E-state index is -0.203. The maximum Gasteiger partial charge on any atom is 0.119 e. The Morgan fingerprint density at radius 2 is 1.89 bits per heavy atom. The molecule has 0 unspecified atom stereocenters. The van der Waals surface area contributed by atoms with Gasteiger partial charge in [0.1, 0.15) is 5.75 Å². The van der Waals surface area contributed by atoms with Crippen LogP contribution in [-0.2, 0) is 5.41 Å². The molecule has 2 heteroatoms. The fourth-order valence-electron chi connectivity index (χ4n) is 2.80. The Kier molecular flexibility index (Phi) is 3.67. The summed E-state index contributed by atoms with van der Waals surface area (Å²) in [6, 6.07) is 6.03. The molecule has 2 atom stereocenters. The summed E-state index contributed by atoms with van der Waals surface area (Å²) >= 11 is 0. The van der Waals surface area contributed by atoms with Crippen LogP contribution in [0.5, 0.6) is 5.75 Å². The van der Waals surface area contributed by atoms with Gasteiger partial charge in [0.25, 0.3) is 0 Å². The summed E-state index contributed by atoms with van der Waals surface area (Å²) in [6.45, 7) is 6.43. The molecule has 1 aromatic rings. The molecule has 1 fully saturated rings. The van der Waals surface area contributed by atoms with Crippen LogP contribution in [0.1, 0.15) is 63.5 Å². The molecule has 0 radical (unpaired) electrons. The highest BCUT2D eigenvalue weighted by atomic mass is 16.3. The zero-order valence-corrected chi connectivity index (χ0v) is 11.6. The van der Waals surface area contributed by atoms with E-state index >= 15 is 0 Å². The Morgan fingerprint density at radius 1 is 1.17 bits per heavy atom. The third-order valence-electron chi connectivity index (χ3n) is 3.98. The normalized spacial score (nSPS) is 25.1. The zero-order chi connectivity index (χ0) is 13.3. The van der Waals surface area contributed by atoms with Crippen molar-refractivity contribution in [2.24, 2.45) is 0 Å². The molecule has 0 bridgehead atoms. The number of phenols is 1. The first kappa shape index (κ1) is 13.4. The van der Waals surface area contributed by atoms with Crippen molar-refractivity contribution in [3.05, 3.63) is 29.3 Å². The fraction of sp³-hybridized carbons (Fsp3) is 0.625. The highest BCUT2D eigenvalue weighted by Gasteiger charge is 2.24. The van der Waals surface area contributed by atoms with Crippen LogP contribution in [-0.4, -0.2) is 16.3 Å². The van der Waals surface area contributed by atoms with Gasteiger partial charge in [0.05, 0.1) is 6.10 Å². The molecule has 0 aliphatic heterocycles. The zero-order valence-electron chi connectivity index (χ0n) is 11.6. The Hall–Kier alpha value is -1.02. The summed E-state index contributed by atoms with van der Waals surface area (Å²) in [5, 5.41) is 19.9. The first-order valence-corrected chi connectivity index (χ1v) is 6.89. The second-order valence-corrected chi connectivity index (χ2v) is 6.54. The topological polar surface area (TPSA) is 40.5 Å². The molecular weight excluding hydrogens is 224 g/mol. The average molecular weight is 248 g/mol. The summed E-state index contributed by atoms with van der Waals surface area (Å²) in [5.74, 6) is 0.698. The van der Waals surface area contributed by atoms with E-state index in [9.17, 15) is 10.2 Å². The van der Waals surface area contributed by atoms with Crippen molar-refractivity contribution in [1.29, 1.82) is 0 Å². The van der Waals surface area contributed by atoms with Crippen molar-refractivity contribution >= 4 is 0 Å². The Bertz CT molecular complexity index is 418. The number of rotatable bonds is 1. The fourth-order valence-corrected chi connectivity index (χ4v) is 2.80. The van der Waals surface area contributed by atoms with Gasteiger partial charge >= 0.3 is 0 Å². The van der Waals surface area contributed by atoms with E-state index in [2.05, 4.69) is 26.8 Å². The quantitative estimate of drug-likeness (QED) is 0.795. The molecule has 2 nitrogen and oxygen atoms in total. The largest absolute Gasteiger partial charge is 0.508 e. The summed E-state index contributed by atoms with van der Waals surface area (Å²) in [6.07, 6.45) is 3.59. The minimum absolute atomic E-state index is 0.0576. The van der Waals surface area contributed by atoms with Crippen LogP contribution >= 0.6 is 0 Å². The number of phenolic OH excluding ortho intramolecular Hbond substituents is 1. The van der Waals surface area contributed by atoms with E-state index in [1.807, 2.05) is 12.1 Å². The van der Waals surface area contributed by atoms with E-state index in [1.165, 1.54) is 0 Å². The molecule has 0 heterocycles. The van der Waals surface area contributed by atoms with Crippen molar-refractivity contribution in [2.75, 3.05) is 0 Å². The number of hydrogen-bond acceptors (Lipinski definition) is 2. The van der Waals surface area contributed by atoms with Crippen LogP contribution in [0.4, 0.5) is 0 Å². The van der Waals surface area contributed by atoms with Crippen molar-refractivity contribution in [3.63, 3.8) is 0 Å². The van der Waals surface area contributed by atoms with E-state index in [0.717, 1.165) is 36.8 Å². The molecule has 2 N–H and O–H groups in total. The van der Waals surface area contributed by atoms with Gasteiger partial charge in [-0.1, -0.05) is 39.3 Å². The molecule has 0 spiro atoms. The molecule has 1 aliphatic carbocycles. The summed E-state index contributed by atoms with van der Waals surface area (Å²) in [5.41, 5.74) is 2.21. The first-order valence-electron chi connectivity index (χ1n) is 6.89. The molecule has 1 saturated carbocycles. The molecule has 100 valence electrons. The number of benzene rings is 1. The van der Waals surface area contributed by atoms with Crippen LogP contribution in [0.25, 0.3) is 0 Å². The van der Waals surface area contributed by atoms with Gasteiger partial charge in [0.2, 0.25) is 0 Å². The highest BCUT2D eigenvalue weighted by Crippen LogP contribution is 2.38. The summed E-state index contributed by atoms with van der Waals surface area (Å²) in [4.78, 5) is 0. The molecule has 2 rings (SSSR count). The monoisotopic (exact) mass is 248 g/mol. The van der Waals surface area contributed by atoms with Gasteiger partial charge in [-0.05, 0) is 47.8 Å². The molecular formula is C16H24O2. The maximum atomic E-state index is 10.2. The summed E-state index contributed by atoms with van der Waals surface area (Å²) in [7, 11) is 0. The third kappa shape index (κ3) is 2.86. The van der Waals surface area contributed by atoms with Crippen LogP contribution in [0.2, 0.25) is 0 Å². The smallest absolute Gasteiger partial charge is 0.119 e. The standard InChI is InChI=1S/C16H24O2/c1-16(2,3)12-7-8-14(15(18)10-12)11-5-4-6-13(17)9-11/h7-8,10-11,13,17-18H,4-6,9H2,1-3H3/t11-,13-/m1/s1.